The Balaban J connectivity index is 4.68. The second kappa shape index (κ2) is 41.0. The molecule has 6 heteroatoms. The van der Waals surface area contributed by atoms with Crippen molar-refractivity contribution in [1.82, 2.24) is 5.32 Å². The van der Waals surface area contributed by atoms with E-state index in [2.05, 4.69) is 50.4 Å². The summed E-state index contributed by atoms with van der Waals surface area (Å²) < 4.78 is 5.88. The normalized spacial score (nSPS) is 13.8. The summed E-state index contributed by atoms with van der Waals surface area (Å²) in [6, 6.07) is -0.710. The lowest BCUT2D eigenvalue weighted by atomic mass is 10.0. The molecule has 0 aliphatic carbocycles. The number of allylic oxidation sites excluding steroid dienone is 8. The van der Waals surface area contributed by atoms with E-state index in [1.807, 2.05) is 24.3 Å². The molecule has 0 aliphatic heterocycles. The standard InChI is InChI=1S/C47H85NO5/c1-4-7-10-13-16-19-22-23-25-26-29-32-35-38-43(53-47(52)40-37-34-31-28-24-20-17-14-11-8-5-2)41-46(51)48-44(42-49)45(50)39-36-33-30-27-21-18-15-12-9-6-3/h7,10,13,16,19,22-23,25,43-45,49-50H,4-6,8-9,11-12,14-15,17-18,20-21,24,26-42H2,1-3H3,(H,48,51)/b10-7+,16-13+,22-19+,25-23-. The van der Waals surface area contributed by atoms with Crippen LogP contribution in [0.1, 0.15) is 213 Å². The topological polar surface area (TPSA) is 95.9 Å². The SMILES string of the molecule is CC/C=C/C=C/C=C/C=C\CCCCCC(CC(=O)NC(CO)C(O)CCCCCCCCCCCC)OC(=O)CCCCCCCCCCCCC. The highest BCUT2D eigenvalue weighted by molar-refractivity contribution is 5.77. The molecule has 0 saturated carbocycles. The molecule has 1 amide bonds. The minimum Gasteiger partial charge on any atom is -0.462 e. The molecule has 0 saturated heterocycles. The molecule has 0 aromatic heterocycles. The van der Waals surface area contributed by atoms with E-state index in [-0.39, 0.29) is 24.9 Å². The van der Waals surface area contributed by atoms with Gasteiger partial charge in [0, 0.05) is 6.42 Å². The average Bonchev–Trinajstić information content (AvgIpc) is 3.15. The highest BCUT2D eigenvalue weighted by atomic mass is 16.5. The maximum atomic E-state index is 13.1. The zero-order valence-electron chi connectivity index (χ0n) is 34.9. The Hall–Kier alpha value is -2.18. The number of ether oxygens (including phenoxy) is 1. The molecule has 0 aliphatic rings. The summed E-state index contributed by atoms with van der Waals surface area (Å²) >= 11 is 0. The largest absolute Gasteiger partial charge is 0.462 e. The number of amides is 1. The van der Waals surface area contributed by atoms with Crippen LogP contribution in [0.2, 0.25) is 0 Å². The molecule has 0 spiro atoms. The summed E-state index contributed by atoms with van der Waals surface area (Å²) in [4.78, 5) is 25.9. The van der Waals surface area contributed by atoms with Gasteiger partial charge >= 0.3 is 5.97 Å². The number of carbonyl (C=O) groups excluding carboxylic acids is 2. The zero-order valence-corrected chi connectivity index (χ0v) is 34.9. The van der Waals surface area contributed by atoms with Gasteiger partial charge in [-0.25, -0.2) is 0 Å². The predicted molar refractivity (Wildman–Crippen MR) is 227 cm³/mol. The van der Waals surface area contributed by atoms with Gasteiger partial charge in [-0.15, -0.1) is 0 Å². The summed E-state index contributed by atoms with van der Waals surface area (Å²) in [5, 5.41) is 23.6. The first-order valence-corrected chi connectivity index (χ1v) is 22.4. The number of hydrogen-bond donors (Lipinski definition) is 3. The van der Waals surface area contributed by atoms with Crippen LogP contribution in [0, 0.1) is 0 Å². The van der Waals surface area contributed by atoms with Crippen molar-refractivity contribution in [3.05, 3.63) is 48.6 Å². The predicted octanol–water partition coefficient (Wildman–Crippen LogP) is 12.7. The summed E-state index contributed by atoms with van der Waals surface area (Å²) in [6.07, 6.45) is 47.4. The van der Waals surface area contributed by atoms with E-state index in [1.54, 1.807) is 0 Å². The molecule has 0 aromatic carbocycles. The molecule has 53 heavy (non-hydrogen) atoms. The van der Waals surface area contributed by atoms with E-state index >= 15 is 0 Å². The first kappa shape index (κ1) is 50.8. The Kier molecular flexibility index (Phi) is 39.3. The molecular formula is C47H85NO5. The molecule has 3 unspecified atom stereocenters. The van der Waals surface area contributed by atoms with Crippen LogP contribution in [-0.4, -0.2) is 46.9 Å². The number of aliphatic hydroxyl groups excluding tert-OH is 2. The average molecular weight is 744 g/mol. The van der Waals surface area contributed by atoms with E-state index < -0.39 is 18.2 Å². The van der Waals surface area contributed by atoms with Gasteiger partial charge in [0.2, 0.25) is 5.91 Å². The quantitative estimate of drug-likeness (QED) is 0.0331. The van der Waals surface area contributed by atoms with Crippen molar-refractivity contribution < 1.29 is 24.5 Å². The van der Waals surface area contributed by atoms with E-state index in [0.717, 1.165) is 70.6 Å². The first-order chi connectivity index (χ1) is 26.0. The molecular weight excluding hydrogens is 659 g/mol. The van der Waals surface area contributed by atoms with E-state index in [0.29, 0.717) is 19.3 Å². The molecule has 0 radical (unpaired) electrons. The van der Waals surface area contributed by atoms with Crippen LogP contribution in [0.25, 0.3) is 0 Å². The van der Waals surface area contributed by atoms with Crippen LogP contribution in [0.5, 0.6) is 0 Å². The third kappa shape index (κ3) is 36.6. The van der Waals surface area contributed by atoms with Crippen LogP contribution in [-0.2, 0) is 14.3 Å². The van der Waals surface area contributed by atoms with Crippen LogP contribution in [0.3, 0.4) is 0 Å². The summed E-state index contributed by atoms with van der Waals surface area (Å²) in [6.45, 7) is 6.30. The summed E-state index contributed by atoms with van der Waals surface area (Å²) in [5.74, 6) is -0.514. The number of rotatable bonds is 39. The number of unbranched alkanes of at least 4 members (excludes halogenated alkanes) is 22. The second-order valence-electron chi connectivity index (χ2n) is 15.2. The maximum absolute atomic E-state index is 13.1. The third-order valence-corrected chi connectivity index (χ3v) is 10.0. The van der Waals surface area contributed by atoms with Gasteiger partial charge in [0.25, 0.3) is 0 Å². The number of esters is 1. The van der Waals surface area contributed by atoms with Gasteiger partial charge in [0.15, 0.2) is 0 Å². The lowest BCUT2D eigenvalue weighted by Gasteiger charge is -2.24. The first-order valence-electron chi connectivity index (χ1n) is 22.4. The van der Waals surface area contributed by atoms with Crippen LogP contribution in [0.4, 0.5) is 0 Å². The van der Waals surface area contributed by atoms with Crippen molar-refractivity contribution in [3.63, 3.8) is 0 Å². The van der Waals surface area contributed by atoms with Crippen molar-refractivity contribution in [1.29, 1.82) is 0 Å². The van der Waals surface area contributed by atoms with Crippen molar-refractivity contribution in [2.45, 2.75) is 232 Å². The van der Waals surface area contributed by atoms with Gasteiger partial charge in [0.1, 0.15) is 6.10 Å². The third-order valence-electron chi connectivity index (χ3n) is 10.0. The minimum absolute atomic E-state index is 0.0527. The lowest BCUT2D eigenvalue weighted by molar-refractivity contribution is -0.151. The monoisotopic (exact) mass is 744 g/mol. The molecule has 3 atom stereocenters. The smallest absolute Gasteiger partial charge is 0.306 e. The summed E-state index contributed by atoms with van der Waals surface area (Å²) in [7, 11) is 0. The van der Waals surface area contributed by atoms with Crippen LogP contribution < -0.4 is 5.32 Å². The summed E-state index contributed by atoms with van der Waals surface area (Å²) in [5.41, 5.74) is 0. The fourth-order valence-electron chi connectivity index (χ4n) is 6.62. The second-order valence-corrected chi connectivity index (χ2v) is 15.2. The van der Waals surface area contributed by atoms with E-state index in [4.69, 9.17) is 4.74 Å². The lowest BCUT2D eigenvalue weighted by Crippen LogP contribution is -2.46. The van der Waals surface area contributed by atoms with E-state index in [9.17, 15) is 19.8 Å². The van der Waals surface area contributed by atoms with Gasteiger partial charge in [-0.05, 0) is 44.9 Å². The van der Waals surface area contributed by atoms with Gasteiger partial charge in [-0.2, -0.15) is 0 Å². The van der Waals surface area contributed by atoms with Gasteiger partial charge in [0.05, 0.1) is 25.2 Å². The molecule has 6 nitrogen and oxygen atoms in total. The zero-order chi connectivity index (χ0) is 38.9. The van der Waals surface area contributed by atoms with Gasteiger partial charge in [-0.1, -0.05) is 204 Å². The van der Waals surface area contributed by atoms with Gasteiger partial charge < -0.3 is 20.3 Å². The maximum Gasteiger partial charge on any atom is 0.306 e. The molecule has 3 N–H and O–H groups in total. The van der Waals surface area contributed by atoms with Crippen LogP contribution in [0.15, 0.2) is 48.6 Å². The fraction of sp³-hybridized carbons (Fsp3) is 0.787. The number of nitrogens with one attached hydrogen (secondary N) is 1. The van der Waals surface area contributed by atoms with Crippen molar-refractivity contribution in [3.8, 4) is 0 Å². The number of hydrogen-bond acceptors (Lipinski definition) is 5. The molecule has 308 valence electrons. The van der Waals surface area contributed by atoms with Crippen molar-refractivity contribution >= 4 is 11.9 Å². The Morgan fingerprint density at radius 2 is 1.02 bits per heavy atom. The van der Waals surface area contributed by atoms with E-state index in [1.165, 1.54) is 96.3 Å². The number of carbonyl (C=O) groups is 2. The molecule has 0 heterocycles. The molecule has 0 fully saturated rings. The Bertz CT molecular complexity index is 926. The Morgan fingerprint density at radius 1 is 0.566 bits per heavy atom. The highest BCUT2D eigenvalue weighted by Crippen LogP contribution is 2.17. The van der Waals surface area contributed by atoms with Gasteiger partial charge in [-0.3, -0.25) is 9.59 Å². The Morgan fingerprint density at radius 3 is 1.55 bits per heavy atom. The fourth-order valence-corrected chi connectivity index (χ4v) is 6.62. The highest BCUT2D eigenvalue weighted by Gasteiger charge is 2.24. The van der Waals surface area contributed by atoms with Crippen LogP contribution >= 0.6 is 0 Å². The van der Waals surface area contributed by atoms with Crippen molar-refractivity contribution in [2.24, 2.45) is 0 Å². The molecule has 0 rings (SSSR count). The van der Waals surface area contributed by atoms with Crippen molar-refractivity contribution in [2.75, 3.05) is 6.61 Å². The Labute approximate surface area is 327 Å². The number of aliphatic hydroxyl groups is 2. The molecule has 0 aromatic rings. The minimum atomic E-state index is -0.795. The molecule has 0 bridgehead atoms.